The Hall–Kier alpha value is -3.99. The summed E-state index contributed by atoms with van der Waals surface area (Å²) in [6.07, 6.45) is 4.66. The maximum atomic E-state index is 14.0. The van der Waals surface area contributed by atoms with Crippen LogP contribution in [0.1, 0.15) is 83.7 Å². The Balaban J connectivity index is 1.36. The van der Waals surface area contributed by atoms with Gasteiger partial charge in [-0.2, -0.15) is 10.2 Å². The number of hydrogen-bond donors (Lipinski definition) is 1. The molecular formula is C29H32F2N6O3. The fraction of sp³-hybridized carbons (Fsp3) is 0.414. The Morgan fingerprint density at radius 1 is 1.12 bits per heavy atom. The van der Waals surface area contributed by atoms with Crippen molar-refractivity contribution in [2.24, 2.45) is 5.92 Å². The molecule has 1 fully saturated rings. The van der Waals surface area contributed by atoms with Crippen LogP contribution in [0.25, 0.3) is 5.65 Å². The molecule has 3 heterocycles. The minimum Gasteiger partial charge on any atom is -0.369 e. The summed E-state index contributed by atoms with van der Waals surface area (Å²) < 4.78 is 36.7. The van der Waals surface area contributed by atoms with Gasteiger partial charge in [-0.15, -0.1) is 0 Å². The van der Waals surface area contributed by atoms with Crippen LogP contribution in [0, 0.1) is 5.92 Å². The third-order valence-corrected chi connectivity index (χ3v) is 7.24. The molecule has 0 spiro atoms. The number of alkyl halides is 2. The van der Waals surface area contributed by atoms with E-state index in [4.69, 9.17) is 4.74 Å². The summed E-state index contributed by atoms with van der Waals surface area (Å²) in [5.41, 5.74) is 2.60. The first-order chi connectivity index (χ1) is 19.2. The van der Waals surface area contributed by atoms with Crippen LogP contribution in [-0.4, -0.2) is 48.6 Å². The van der Waals surface area contributed by atoms with E-state index in [0.29, 0.717) is 29.2 Å². The summed E-state index contributed by atoms with van der Waals surface area (Å²) in [6, 6.07) is 12.2. The average molecular weight is 551 g/mol. The van der Waals surface area contributed by atoms with E-state index in [9.17, 15) is 18.4 Å². The number of ether oxygens (including phenoxy) is 1. The topological polar surface area (TPSA) is 103 Å². The molecule has 0 radical (unpaired) electrons. The summed E-state index contributed by atoms with van der Waals surface area (Å²) in [4.78, 5) is 30.7. The van der Waals surface area contributed by atoms with Gasteiger partial charge in [0.1, 0.15) is 12.3 Å². The second-order valence-electron chi connectivity index (χ2n) is 10.5. The summed E-state index contributed by atoms with van der Waals surface area (Å²) >= 11 is 0. The Morgan fingerprint density at radius 3 is 2.60 bits per heavy atom. The van der Waals surface area contributed by atoms with Gasteiger partial charge in [0.05, 0.1) is 30.7 Å². The summed E-state index contributed by atoms with van der Waals surface area (Å²) in [7, 11) is 0. The molecular weight excluding hydrogens is 518 g/mol. The first-order valence-electron chi connectivity index (χ1n) is 13.4. The first-order valence-corrected chi connectivity index (χ1v) is 13.4. The molecule has 1 unspecified atom stereocenters. The number of amides is 1. The highest BCUT2D eigenvalue weighted by molar-refractivity contribution is 5.97. The van der Waals surface area contributed by atoms with Crippen molar-refractivity contribution in [1.82, 2.24) is 29.7 Å². The Labute approximate surface area is 230 Å². The lowest BCUT2D eigenvalue weighted by molar-refractivity contribution is -0.0495. The number of carbonyl (C=O) groups excluding carboxylic acids is 2. The second kappa shape index (κ2) is 11.6. The third kappa shape index (κ3) is 6.25. The van der Waals surface area contributed by atoms with E-state index in [1.807, 2.05) is 44.2 Å². The number of rotatable bonds is 10. The summed E-state index contributed by atoms with van der Waals surface area (Å²) in [6.45, 7) is 4.04. The Morgan fingerprint density at radius 2 is 1.88 bits per heavy atom. The van der Waals surface area contributed by atoms with E-state index >= 15 is 0 Å². The Kier molecular flexibility index (Phi) is 8.02. The van der Waals surface area contributed by atoms with Crippen molar-refractivity contribution in [3.05, 3.63) is 83.6 Å². The highest BCUT2D eigenvalue weighted by atomic mass is 19.3. The lowest BCUT2D eigenvalue weighted by Gasteiger charge is -2.33. The molecule has 210 valence electrons. The van der Waals surface area contributed by atoms with Gasteiger partial charge in [-0.3, -0.25) is 14.3 Å². The fourth-order valence-electron chi connectivity index (χ4n) is 5.07. The van der Waals surface area contributed by atoms with Gasteiger partial charge in [0, 0.05) is 30.6 Å². The molecule has 9 nitrogen and oxygen atoms in total. The largest absolute Gasteiger partial charge is 0.369 e. The number of carbonyl (C=O) groups is 2. The van der Waals surface area contributed by atoms with Crippen LogP contribution in [-0.2, 0) is 11.3 Å². The van der Waals surface area contributed by atoms with Gasteiger partial charge in [0.2, 0.25) is 5.92 Å². The quantitative estimate of drug-likeness (QED) is 0.272. The van der Waals surface area contributed by atoms with Crippen LogP contribution < -0.4 is 5.32 Å². The molecule has 1 aliphatic carbocycles. The zero-order valence-electron chi connectivity index (χ0n) is 22.5. The minimum absolute atomic E-state index is 0.0328. The molecule has 1 amide bonds. The van der Waals surface area contributed by atoms with Crippen molar-refractivity contribution in [1.29, 1.82) is 0 Å². The van der Waals surface area contributed by atoms with Crippen LogP contribution in [0.15, 0.2) is 61.1 Å². The van der Waals surface area contributed by atoms with Crippen molar-refractivity contribution < 1.29 is 23.1 Å². The predicted octanol–water partition coefficient (Wildman–Crippen LogP) is 5.20. The van der Waals surface area contributed by atoms with Crippen molar-refractivity contribution in [2.45, 2.75) is 64.1 Å². The van der Waals surface area contributed by atoms with Crippen molar-refractivity contribution in [3.8, 4) is 0 Å². The van der Waals surface area contributed by atoms with Crippen molar-refractivity contribution in [2.75, 3.05) is 6.61 Å². The number of nitrogens with one attached hydrogen (secondary N) is 1. The van der Waals surface area contributed by atoms with Crippen LogP contribution in [0.5, 0.6) is 0 Å². The molecule has 1 atom stereocenters. The summed E-state index contributed by atoms with van der Waals surface area (Å²) in [5, 5.41) is 11.6. The van der Waals surface area contributed by atoms with E-state index < -0.39 is 12.0 Å². The highest BCUT2D eigenvalue weighted by Gasteiger charge is 2.39. The number of imidazole rings is 1. The molecule has 0 saturated heterocycles. The first kappa shape index (κ1) is 27.6. The monoisotopic (exact) mass is 550 g/mol. The number of halogens is 2. The number of Topliss-reactive ketones (excluding diaryl/α,β-unsaturated/α-hetero) is 1. The van der Waals surface area contributed by atoms with E-state index in [1.165, 1.54) is 10.7 Å². The number of benzene rings is 1. The molecule has 5 rings (SSSR count). The molecule has 0 aliphatic heterocycles. The standard InChI is InChI=1S/C29H32F2N6O3/c1-19(2)37-24(10-13-32-37)28(39)35-27(21-8-11-29(30,31)12-9-21)23-16-36-26(34-23)14-22(15-33-36)25(38)18-40-17-20-6-4-3-5-7-20/h3-7,10,13-16,19,21,27H,8-9,11-12,17-18H2,1-2H3,(H,35,39). The molecule has 3 aromatic heterocycles. The van der Waals surface area contributed by atoms with Gasteiger partial charge in [-0.05, 0) is 50.3 Å². The van der Waals surface area contributed by atoms with Crippen LogP contribution >= 0.6 is 0 Å². The van der Waals surface area contributed by atoms with E-state index in [0.717, 1.165) is 5.56 Å². The fourth-order valence-corrected chi connectivity index (χ4v) is 5.07. The second-order valence-corrected chi connectivity index (χ2v) is 10.5. The third-order valence-electron chi connectivity index (χ3n) is 7.24. The molecule has 1 N–H and O–H groups in total. The van der Waals surface area contributed by atoms with Gasteiger partial charge in [0.15, 0.2) is 11.4 Å². The molecule has 1 aromatic carbocycles. The smallest absolute Gasteiger partial charge is 0.270 e. The van der Waals surface area contributed by atoms with Gasteiger partial charge in [0.25, 0.3) is 5.91 Å². The molecule has 4 aromatic rings. The number of aromatic nitrogens is 5. The number of nitrogens with zero attached hydrogens (tertiary/aromatic N) is 5. The number of hydrogen-bond acceptors (Lipinski definition) is 6. The normalized spacial score (nSPS) is 16.3. The zero-order valence-corrected chi connectivity index (χ0v) is 22.5. The van der Waals surface area contributed by atoms with E-state index in [2.05, 4.69) is 20.5 Å². The SMILES string of the molecule is CC(C)n1nccc1C(=O)NC(c1cn2ncc(C(=O)COCc3ccccc3)cc2n1)C1CCC(F)(F)CC1. The lowest BCUT2D eigenvalue weighted by Crippen LogP contribution is -2.38. The van der Waals surface area contributed by atoms with Gasteiger partial charge in [-0.25, -0.2) is 18.3 Å². The lowest BCUT2D eigenvalue weighted by atomic mass is 9.81. The van der Waals surface area contributed by atoms with Crippen LogP contribution in [0.3, 0.4) is 0 Å². The van der Waals surface area contributed by atoms with Crippen molar-refractivity contribution in [3.63, 3.8) is 0 Å². The van der Waals surface area contributed by atoms with Crippen LogP contribution in [0.2, 0.25) is 0 Å². The van der Waals surface area contributed by atoms with Crippen molar-refractivity contribution >= 4 is 17.3 Å². The summed E-state index contributed by atoms with van der Waals surface area (Å²) in [5.74, 6) is -3.54. The highest BCUT2D eigenvalue weighted by Crippen LogP contribution is 2.41. The maximum absolute atomic E-state index is 14.0. The zero-order chi connectivity index (χ0) is 28.3. The molecule has 1 saturated carbocycles. The molecule has 11 heteroatoms. The van der Waals surface area contributed by atoms with Gasteiger partial charge in [-0.1, -0.05) is 30.3 Å². The molecule has 40 heavy (non-hydrogen) atoms. The van der Waals surface area contributed by atoms with Crippen LogP contribution in [0.4, 0.5) is 8.78 Å². The number of ketones is 1. The maximum Gasteiger partial charge on any atom is 0.270 e. The van der Waals surface area contributed by atoms with E-state index in [-0.39, 0.29) is 55.9 Å². The molecule has 1 aliphatic rings. The van der Waals surface area contributed by atoms with E-state index in [1.54, 1.807) is 29.2 Å². The number of fused-ring (bicyclic) bond motifs is 1. The minimum atomic E-state index is -2.71. The van der Waals surface area contributed by atoms with Gasteiger partial charge >= 0.3 is 0 Å². The van der Waals surface area contributed by atoms with Gasteiger partial charge < -0.3 is 10.1 Å². The Bertz CT molecular complexity index is 1470. The molecule has 0 bridgehead atoms. The predicted molar refractivity (Wildman–Crippen MR) is 143 cm³/mol. The average Bonchev–Trinajstić information content (AvgIpc) is 3.60.